The van der Waals surface area contributed by atoms with Crippen LogP contribution in [-0.2, 0) is 14.3 Å². The first-order valence-corrected chi connectivity index (χ1v) is 8.02. The zero-order valence-corrected chi connectivity index (χ0v) is 14.6. The third kappa shape index (κ3) is 5.81. The molecule has 0 aromatic heterocycles. The van der Waals surface area contributed by atoms with Crippen molar-refractivity contribution in [1.29, 1.82) is 0 Å². The lowest BCUT2D eigenvalue weighted by atomic mass is 9.92. The number of carboxylic acid groups (broad SMARTS) is 1. The number of aliphatic carboxylic acids is 1. The number of thiocarbonyl (C=S) groups is 1. The van der Waals surface area contributed by atoms with Gasteiger partial charge in [0.15, 0.2) is 5.11 Å². The van der Waals surface area contributed by atoms with E-state index in [1.54, 1.807) is 0 Å². The van der Waals surface area contributed by atoms with Crippen LogP contribution < -0.4 is 16.0 Å². The highest BCUT2D eigenvalue weighted by Gasteiger charge is 2.43. The maximum Gasteiger partial charge on any atom is 0.370 e. The van der Waals surface area contributed by atoms with E-state index in [1.807, 2.05) is 6.92 Å². The first-order valence-electron chi connectivity index (χ1n) is 7.61. The number of aliphatic hydroxyl groups excluding tert-OH is 3. The highest BCUT2D eigenvalue weighted by Crippen LogP contribution is 2.23. The molecule has 0 spiro atoms. The molecule has 0 fully saturated rings. The smallest absolute Gasteiger partial charge is 0.370 e. The second-order valence-electron chi connectivity index (χ2n) is 5.41. The van der Waals surface area contributed by atoms with Gasteiger partial charge in [-0.15, -0.1) is 0 Å². The summed E-state index contributed by atoms with van der Waals surface area (Å²) in [5, 5.41) is 46.5. The molecular formula is C14H23N3O7S. The Morgan fingerprint density at radius 3 is 2.48 bits per heavy atom. The highest BCUT2D eigenvalue weighted by atomic mass is 32.1. The van der Waals surface area contributed by atoms with Crippen molar-refractivity contribution >= 4 is 29.2 Å². The molecular weight excluding hydrogens is 354 g/mol. The molecule has 0 aromatic carbocycles. The summed E-state index contributed by atoms with van der Waals surface area (Å²) in [5.74, 6) is -2.33. The van der Waals surface area contributed by atoms with Crippen molar-refractivity contribution in [2.75, 3.05) is 13.2 Å². The topological polar surface area (TPSA) is 160 Å². The average Bonchev–Trinajstić information content (AvgIpc) is 2.54. The predicted molar refractivity (Wildman–Crippen MR) is 90.5 cm³/mol. The molecule has 0 saturated carbocycles. The van der Waals surface area contributed by atoms with Crippen molar-refractivity contribution in [3.8, 4) is 0 Å². The summed E-state index contributed by atoms with van der Waals surface area (Å²) in [5.41, 5.74) is 0. The van der Waals surface area contributed by atoms with Crippen LogP contribution in [0.2, 0.25) is 0 Å². The van der Waals surface area contributed by atoms with E-state index in [1.165, 1.54) is 13.0 Å². The molecule has 0 radical (unpaired) electrons. The van der Waals surface area contributed by atoms with Gasteiger partial charge in [-0.25, -0.2) is 4.79 Å². The van der Waals surface area contributed by atoms with E-state index in [4.69, 9.17) is 22.1 Å². The fourth-order valence-corrected chi connectivity index (χ4v) is 2.64. The monoisotopic (exact) mass is 377 g/mol. The second-order valence-corrected chi connectivity index (χ2v) is 5.82. The molecule has 25 heavy (non-hydrogen) atoms. The van der Waals surface area contributed by atoms with Gasteiger partial charge in [0.25, 0.3) is 0 Å². The van der Waals surface area contributed by atoms with Crippen molar-refractivity contribution < 1.29 is 34.8 Å². The molecule has 7 N–H and O–H groups in total. The van der Waals surface area contributed by atoms with Gasteiger partial charge < -0.3 is 41.1 Å². The van der Waals surface area contributed by atoms with Crippen LogP contribution in [0.15, 0.2) is 11.8 Å². The lowest BCUT2D eigenvalue weighted by Crippen LogP contribution is -2.64. The summed E-state index contributed by atoms with van der Waals surface area (Å²) >= 11 is 5.08. The lowest BCUT2D eigenvalue weighted by Gasteiger charge is -2.40. The van der Waals surface area contributed by atoms with Gasteiger partial charge >= 0.3 is 5.97 Å². The number of hydrogen-bond donors (Lipinski definition) is 7. The minimum atomic E-state index is -1.65. The third-order valence-corrected chi connectivity index (χ3v) is 3.73. The molecule has 1 aliphatic heterocycles. The molecule has 1 amide bonds. The van der Waals surface area contributed by atoms with Crippen molar-refractivity contribution in [3.63, 3.8) is 0 Å². The van der Waals surface area contributed by atoms with Gasteiger partial charge in [-0.3, -0.25) is 4.79 Å². The first-order chi connectivity index (χ1) is 11.7. The van der Waals surface area contributed by atoms with E-state index in [0.717, 1.165) is 0 Å². The van der Waals surface area contributed by atoms with Crippen molar-refractivity contribution in [2.24, 2.45) is 0 Å². The number of nitrogens with one attached hydrogen (secondary N) is 3. The van der Waals surface area contributed by atoms with E-state index in [0.29, 0.717) is 6.54 Å². The molecule has 1 rings (SSSR count). The quantitative estimate of drug-likeness (QED) is 0.235. The second kappa shape index (κ2) is 9.51. The molecule has 5 atom stereocenters. The van der Waals surface area contributed by atoms with E-state index >= 15 is 0 Å². The maximum atomic E-state index is 11.5. The number of aliphatic hydroxyl groups is 3. The fraction of sp³-hybridized carbons (Fsp3) is 0.643. The Kier molecular flexibility index (Phi) is 8.03. The summed E-state index contributed by atoms with van der Waals surface area (Å²) in [6.07, 6.45) is -3.36. The summed E-state index contributed by atoms with van der Waals surface area (Å²) in [7, 11) is 0. The van der Waals surface area contributed by atoms with Gasteiger partial charge in [0.05, 0.1) is 18.7 Å². The molecule has 0 unspecified atom stereocenters. The molecule has 11 heteroatoms. The van der Waals surface area contributed by atoms with Gasteiger partial charge in [0.1, 0.15) is 18.3 Å². The zero-order chi connectivity index (χ0) is 19.1. The largest absolute Gasteiger partial charge is 0.478 e. The number of carbonyl (C=O) groups is 2. The molecule has 0 aromatic rings. The summed E-state index contributed by atoms with van der Waals surface area (Å²) in [4.78, 5) is 22.8. The third-order valence-electron chi connectivity index (χ3n) is 3.47. The van der Waals surface area contributed by atoms with Crippen LogP contribution in [-0.4, -0.2) is 81.0 Å². The van der Waals surface area contributed by atoms with E-state index in [-0.39, 0.29) is 5.11 Å². The Morgan fingerprint density at radius 2 is 2.00 bits per heavy atom. The molecule has 1 heterocycles. The molecule has 0 aliphatic carbocycles. The Morgan fingerprint density at radius 1 is 1.36 bits per heavy atom. The molecule has 142 valence electrons. The molecule has 0 bridgehead atoms. The fourth-order valence-electron chi connectivity index (χ4n) is 2.36. The number of ether oxygens (including phenoxy) is 1. The van der Waals surface area contributed by atoms with Gasteiger partial charge in [0, 0.05) is 13.5 Å². The zero-order valence-electron chi connectivity index (χ0n) is 13.8. The predicted octanol–water partition coefficient (Wildman–Crippen LogP) is -2.57. The molecule has 1 aliphatic rings. The Labute approximate surface area is 149 Å². The lowest BCUT2D eigenvalue weighted by molar-refractivity contribution is -0.146. The summed E-state index contributed by atoms with van der Waals surface area (Å²) in [6.45, 7) is 2.80. The number of carboxylic acids is 1. The Balaban J connectivity index is 3.20. The van der Waals surface area contributed by atoms with Crippen LogP contribution in [0.25, 0.3) is 0 Å². The maximum absolute atomic E-state index is 11.5. The minimum Gasteiger partial charge on any atom is -0.478 e. The molecule has 10 nitrogen and oxygen atoms in total. The standard InChI is InChI=1S/C14H23N3O7S/c1-3-15-14(25)17-7-4-9(13(22)23)24-12(10(7)16-6(2)19)11(21)8(20)5-18/h4,7-8,10-12,18,20-21H,3,5H2,1-2H3,(H,16,19)(H,22,23)(H2,15,17,25)/t7-,8+,10+,11+,12+/m0/s1. The summed E-state index contributed by atoms with van der Waals surface area (Å²) < 4.78 is 5.24. The van der Waals surface area contributed by atoms with Crippen molar-refractivity contribution in [1.82, 2.24) is 16.0 Å². The van der Waals surface area contributed by atoms with Gasteiger partial charge in [-0.05, 0) is 25.2 Å². The van der Waals surface area contributed by atoms with E-state index in [2.05, 4.69) is 16.0 Å². The SMILES string of the molecule is CCNC(=S)N[C@H]1C=C(C(=O)O)O[C@@H]([C@H](O)[C@H](O)CO)[C@@H]1NC(C)=O. The van der Waals surface area contributed by atoms with E-state index in [9.17, 15) is 24.9 Å². The van der Waals surface area contributed by atoms with E-state index < -0.39 is 54.6 Å². The molecule has 0 saturated heterocycles. The number of carbonyl (C=O) groups excluding carboxylic acids is 1. The van der Waals surface area contributed by atoms with Gasteiger partial charge in [0.2, 0.25) is 11.7 Å². The van der Waals surface area contributed by atoms with Crippen LogP contribution in [0.3, 0.4) is 0 Å². The van der Waals surface area contributed by atoms with Crippen LogP contribution in [0.5, 0.6) is 0 Å². The average molecular weight is 377 g/mol. The highest BCUT2D eigenvalue weighted by molar-refractivity contribution is 7.80. The Bertz CT molecular complexity index is 543. The number of rotatable bonds is 7. The number of hydrogen-bond acceptors (Lipinski definition) is 7. The van der Waals surface area contributed by atoms with Crippen LogP contribution in [0.4, 0.5) is 0 Å². The normalized spacial score (nSPS) is 25.0. The number of amides is 1. The van der Waals surface area contributed by atoms with Crippen molar-refractivity contribution in [3.05, 3.63) is 11.8 Å². The van der Waals surface area contributed by atoms with Crippen molar-refractivity contribution in [2.45, 2.75) is 44.2 Å². The van der Waals surface area contributed by atoms with Crippen LogP contribution in [0.1, 0.15) is 13.8 Å². The van der Waals surface area contributed by atoms with Crippen LogP contribution in [0, 0.1) is 0 Å². The minimum absolute atomic E-state index is 0.210. The van der Waals surface area contributed by atoms with Gasteiger partial charge in [-0.2, -0.15) is 0 Å². The van der Waals surface area contributed by atoms with Gasteiger partial charge in [-0.1, -0.05) is 0 Å². The Hall–Kier alpha value is -1.95. The first kappa shape index (κ1) is 21.1. The summed E-state index contributed by atoms with van der Waals surface area (Å²) in [6, 6.07) is -1.78. The van der Waals surface area contributed by atoms with Crippen LogP contribution >= 0.6 is 12.2 Å².